The van der Waals surface area contributed by atoms with Crippen LogP contribution in [0.2, 0.25) is 0 Å². The molecular formula is C17H20N2O4S. The van der Waals surface area contributed by atoms with E-state index in [9.17, 15) is 9.59 Å². The van der Waals surface area contributed by atoms with E-state index in [1.165, 1.54) is 25.1 Å². The molecule has 2 rings (SSSR count). The normalized spacial score (nSPS) is 10.4. The number of hydrogen-bond donors (Lipinski definition) is 0. The van der Waals surface area contributed by atoms with Crippen LogP contribution in [-0.2, 0) is 16.1 Å². The minimum atomic E-state index is -0.557. The van der Waals surface area contributed by atoms with Crippen LogP contribution in [0.3, 0.4) is 0 Å². The van der Waals surface area contributed by atoms with Gasteiger partial charge in [0.25, 0.3) is 0 Å². The maximum absolute atomic E-state index is 12.5. The molecule has 128 valence electrons. The SMILES string of the molecule is CCCN(Cc1nc(C(=O)OC)co1)C(=O)CSc1ccccc1. The number of oxazole rings is 1. The number of thioether (sulfide) groups is 1. The Morgan fingerprint density at radius 1 is 1.29 bits per heavy atom. The molecule has 0 aliphatic carbocycles. The minimum Gasteiger partial charge on any atom is -0.464 e. The highest BCUT2D eigenvalue weighted by atomic mass is 32.2. The number of benzene rings is 1. The molecule has 1 amide bonds. The number of hydrogen-bond acceptors (Lipinski definition) is 6. The van der Waals surface area contributed by atoms with Crippen molar-refractivity contribution in [2.75, 3.05) is 19.4 Å². The molecule has 0 bridgehead atoms. The van der Waals surface area contributed by atoms with Crippen molar-refractivity contribution in [3.8, 4) is 0 Å². The summed E-state index contributed by atoms with van der Waals surface area (Å²) in [4.78, 5) is 30.6. The molecule has 24 heavy (non-hydrogen) atoms. The van der Waals surface area contributed by atoms with E-state index in [-0.39, 0.29) is 18.1 Å². The number of ether oxygens (including phenoxy) is 1. The van der Waals surface area contributed by atoms with Crippen LogP contribution >= 0.6 is 11.8 Å². The fourth-order valence-electron chi connectivity index (χ4n) is 2.06. The van der Waals surface area contributed by atoms with Gasteiger partial charge < -0.3 is 14.1 Å². The van der Waals surface area contributed by atoms with Crippen LogP contribution in [0.4, 0.5) is 0 Å². The lowest BCUT2D eigenvalue weighted by molar-refractivity contribution is -0.129. The van der Waals surface area contributed by atoms with Gasteiger partial charge in [-0.3, -0.25) is 4.79 Å². The standard InChI is InChI=1S/C17H20N2O4S/c1-3-9-19(10-15-18-14(11-23-15)17(21)22-2)16(20)12-24-13-7-5-4-6-8-13/h4-8,11H,3,9-10,12H2,1-2H3. The van der Waals surface area contributed by atoms with E-state index in [2.05, 4.69) is 9.72 Å². The van der Waals surface area contributed by atoms with Gasteiger partial charge in [-0.15, -0.1) is 11.8 Å². The van der Waals surface area contributed by atoms with Gasteiger partial charge >= 0.3 is 5.97 Å². The summed E-state index contributed by atoms with van der Waals surface area (Å²) >= 11 is 1.49. The number of carbonyl (C=O) groups is 2. The summed E-state index contributed by atoms with van der Waals surface area (Å²) in [7, 11) is 1.28. The van der Waals surface area contributed by atoms with Gasteiger partial charge in [-0.2, -0.15) is 0 Å². The van der Waals surface area contributed by atoms with E-state index in [4.69, 9.17) is 4.42 Å². The summed E-state index contributed by atoms with van der Waals surface area (Å²) in [5.41, 5.74) is 0.107. The lowest BCUT2D eigenvalue weighted by Gasteiger charge is -2.20. The third-order valence-corrected chi connectivity index (χ3v) is 4.22. The summed E-state index contributed by atoms with van der Waals surface area (Å²) in [6.07, 6.45) is 2.07. The lowest BCUT2D eigenvalue weighted by atomic mass is 10.4. The molecule has 1 heterocycles. The van der Waals surface area contributed by atoms with Crippen molar-refractivity contribution in [2.45, 2.75) is 24.8 Å². The first-order valence-electron chi connectivity index (χ1n) is 7.62. The number of rotatable bonds is 8. The first kappa shape index (κ1) is 18.1. The molecule has 7 heteroatoms. The van der Waals surface area contributed by atoms with Crippen molar-refractivity contribution in [1.82, 2.24) is 9.88 Å². The summed E-state index contributed by atoms with van der Waals surface area (Å²) in [6.45, 7) is 2.84. The average Bonchev–Trinajstić information content (AvgIpc) is 3.08. The van der Waals surface area contributed by atoms with Crippen molar-refractivity contribution in [1.29, 1.82) is 0 Å². The zero-order valence-electron chi connectivity index (χ0n) is 13.7. The largest absolute Gasteiger partial charge is 0.464 e. The molecule has 0 radical (unpaired) electrons. The van der Waals surface area contributed by atoms with Crippen LogP contribution in [0.15, 0.2) is 45.9 Å². The third-order valence-electron chi connectivity index (χ3n) is 3.22. The zero-order chi connectivity index (χ0) is 17.4. The molecule has 1 aromatic heterocycles. The van der Waals surface area contributed by atoms with Crippen LogP contribution in [0.5, 0.6) is 0 Å². The molecule has 0 spiro atoms. The highest BCUT2D eigenvalue weighted by molar-refractivity contribution is 8.00. The molecule has 6 nitrogen and oxygen atoms in total. The average molecular weight is 348 g/mol. The van der Waals surface area contributed by atoms with Gasteiger partial charge in [-0.05, 0) is 18.6 Å². The number of esters is 1. The van der Waals surface area contributed by atoms with Crippen LogP contribution in [0, 0.1) is 0 Å². The maximum Gasteiger partial charge on any atom is 0.360 e. The monoisotopic (exact) mass is 348 g/mol. The van der Waals surface area contributed by atoms with E-state index in [1.807, 2.05) is 37.3 Å². The number of nitrogens with zero attached hydrogens (tertiary/aromatic N) is 2. The Hall–Kier alpha value is -2.28. The summed E-state index contributed by atoms with van der Waals surface area (Å²) in [6, 6.07) is 9.77. The fraction of sp³-hybridized carbons (Fsp3) is 0.353. The molecule has 2 aromatic rings. The quantitative estimate of drug-likeness (QED) is 0.539. The maximum atomic E-state index is 12.5. The molecule has 0 saturated carbocycles. The minimum absolute atomic E-state index is 0.00326. The van der Waals surface area contributed by atoms with Gasteiger partial charge in [0, 0.05) is 11.4 Å². The Balaban J connectivity index is 1.96. The molecule has 0 atom stereocenters. The first-order valence-corrected chi connectivity index (χ1v) is 8.61. The summed E-state index contributed by atoms with van der Waals surface area (Å²) in [5, 5.41) is 0. The van der Waals surface area contributed by atoms with E-state index < -0.39 is 5.97 Å². The second kappa shape index (κ2) is 9.12. The lowest BCUT2D eigenvalue weighted by Crippen LogP contribution is -2.32. The highest BCUT2D eigenvalue weighted by Crippen LogP contribution is 2.18. The molecule has 0 aliphatic rings. The Morgan fingerprint density at radius 2 is 2.04 bits per heavy atom. The fourth-order valence-corrected chi connectivity index (χ4v) is 2.88. The molecule has 0 N–H and O–H groups in total. The van der Waals surface area contributed by atoms with Crippen molar-refractivity contribution >= 4 is 23.6 Å². The number of methoxy groups -OCH3 is 1. The van der Waals surface area contributed by atoms with Crippen molar-refractivity contribution in [2.24, 2.45) is 0 Å². The van der Waals surface area contributed by atoms with Gasteiger partial charge in [-0.1, -0.05) is 25.1 Å². The summed E-state index contributed by atoms with van der Waals surface area (Å²) < 4.78 is 9.86. The van der Waals surface area contributed by atoms with Gasteiger partial charge in [-0.25, -0.2) is 9.78 Å². The van der Waals surface area contributed by atoms with Crippen molar-refractivity contribution < 1.29 is 18.7 Å². The number of carbonyl (C=O) groups excluding carboxylic acids is 2. The van der Waals surface area contributed by atoms with E-state index in [0.29, 0.717) is 18.2 Å². The molecule has 0 saturated heterocycles. The van der Waals surface area contributed by atoms with Crippen LogP contribution in [0.1, 0.15) is 29.7 Å². The Kier molecular flexibility index (Phi) is 6.87. The van der Waals surface area contributed by atoms with Crippen molar-refractivity contribution in [3.05, 3.63) is 48.2 Å². The van der Waals surface area contributed by atoms with Crippen LogP contribution < -0.4 is 0 Å². The van der Waals surface area contributed by atoms with Gasteiger partial charge in [0.05, 0.1) is 19.4 Å². The molecular weight excluding hydrogens is 328 g/mol. The van der Waals surface area contributed by atoms with E-state index in [1.54, 1.807) is 4.90 Å². The summed E-state index contributed by atoms with van der Waals surface area (Å²) in [5.74, 6) is 0.109. The van der Waals surface area contributed by atoms with Crippen LogP contribution in [0.25, 0.3) is 0 Å². The predicted octanol–water partition coefficient (Wildman–Crippen LogP) is 2.99. The predicted molar refractivity (Wildman–Crippen MR) is 90.7 cm³/mol. The molecule has 0 aliphatic heterocycles. The Labute approximate surface area is 145 Å². The third kappa shape index (κ3) is 5.13. The Bertz CT molecular complexity index is 672. The highest BCUT2D eigenvalue weighted by Gasteiger charge is 2.18. The van der Waals surface area contributed by atoms with E-state index in [0.717, 1.165) is 11.3 Å². The number of amides is 1. The van der Waals surface area contributed by atoms with E-state index >= 15 is 0 Å². The molecule has 0 unspecified atom stereocenters. The topological polar surface area (TPSA) is 72.6 Å². The van der Waals surface area contributed by atoms with Gasteiger partial charge in [0.15, 0.2) is 5.69 Å². The van der Waals surface area contributed by atoms with Crippen molar-refractivity contribution in [3.63, 3.8) is 0 Å². The number of aromatic nitrogens is 1. The molecule has 1 aromatic carbocycles. The second-order valence-electron chi connectivity index (χ2n) is 5.04. The first-order chi connectivity index (χ1) is 11.6. The molecule has 0 fully saturated rings. The zero-order valence-corrected chi connectivity index (χ0v) is 14.5. The van der Waals surface area contributed by atoms with Gasteiger partial charge in [0.1, 0.15) is 6.26 Å². The Morgan fingerprint density at radius 3 is 2.71 bits per heavy atom. The van der Waals surface area contributed by atoms with Gasteiger partial charge in [0.2, 0.25) is 11.8 Å². The second-order valence-corrected chi connectivity index (χ2v) is 6.08. The smallest absolute Gasteiger partial charge is 0.360 e. The van der Waals surface area contributed by atoms with Crippen LogP contribution in [-0.4, -0.2) is 41.2 Å².